The van der Waals surface area contributed by atoms with E-state index in [-0.39, 0.29) is 0 Å². The lowest BCUT2D eigenvalue weighted by molar-refractivity contribution is 0.234. The summed E-state index contributed by atoms with van der Waals surface area (Å²) < 4.78 is 18.9. The fourth-order valence-electron chi connectivity index (χ4n) is 6.11. The van der Waals surface area contributed by atoms with Crippen molar-refractivity contribution in [2.45, 2.75) is 213 Å². The Labute approximate surface area is 282 Å². The van der Waals surface area contributed by atoms with Crippen molar-refractivity contribution < 1.29 is 14.2 Å². The highest BCUT2D eigenvalue weighted by Crippen LogP contribution is 2.37. The molecule has 0 saturated heterocycles. The van der Waals surface area contributed by atoms with Gasteiger partial charge in [-0.05, 0) is 37.5 Å². The summed E-state index contributed by atoms with van der Waals surface area (Å²) in [6.07, 6.45) is 40.0. The Balaban J connectivity index is 2.39. The van der Waals surface area contributed by atoms with E-state index in [1.807, 2.05) is 12.1 Å². The zero-order valence-electron chi connectivity index (χ0n) is 30.7. The van der Waals surface area contributed by atoms with E-state index in [0.717, 1.165) is 56.3 Å². The second-order valence-corrected chi connectivity index (χ2v) is 13.6. The molecule has 0 N–H and O–H groups in total. The Morgan fingerprint density at radius 3 is 0.867 bits per heavy atom. The van der Waals surface area contributed by atoms with Crippen LogP contribution in [0.25, 0.3) is 0 Å². The number of benzene rings is 1. The van der Waals surface area contributed by atoms with E-state index in [4.69, 9.17) is 14.2 Å². The summed E-state index contributed by atoms with van der Waals surface area (Å²) in [5.74, 6) is 2.40. The first-order valence-corrected chi connectivity index (χ1v) is 20.3. The molecule has 0 spiro atoms. The van der Waals surface area contributed by atoms with Crippen molar-refractivity contribution in [2.75, 3.05) is 19.8 Å². The molecule has 263 valence electrons. The zero-order valence-corrected chi connectivity index (χ0v) is 30.7. The highest BCUT2D eigenvalue weighted by Gasteiger charge is 2.13. The summed E-state index contributed by atoms with van der Waals surface area (Å²) in [7, 11) is 0. The van der Waals surface area contributed by atoms with E-state index in [9.17, 15) is 0 Å². The molecule has 0 amide bonds. The molecule has 0 saturated carbocycles. The molecule has 3 heteroatoms. The third kappa shape index (κ3) is 26.4. The average molecular weight is 630 g/mol. The molecule has 1 aromatic rings. The molecule has 0 fully saturated rings. The minimum Gasteiger partial charge on any atom is -0.490 e. The van der Waals surface area contributed by atoms with Crippen molar-refractivity contribution in [1.82, 2.24) is 0 Å². The van der Waals surface area contributed by atoms with Gasteiger partial charge in [-0.3, -0.25) is 0 Å². The first-order chi connectivity index (χ1) is 22.3. The number of hydrogen-bond acceptors (Lipinski definition) is 3. The first kappa shape index (κ1) is 41.6. The van der Waals surface area contributed by atoms with Gasteiger partial charge in [0.15, 0.2) is 11.5 Å². The smallest absolute Gasteiger partial charge is 0.203 e. The van der Waals surface area contributed by atoms with Gasteiger partial charge in [0, 0.05) is 0 Å². The third-order valence-electron chi connectivity index (χ3n) is 9.13. The average Bonchev–Trinajstić information content (AvgIpc) is 3.05. The molecule has 45 heavy (non-hydrogen) atoms. The maximum absolute atomic E-state index is 6.37. The summed E-state index contributed by atoms with van der Waals surface area (Å²) in [6, 6.07) is 7.15. The van der Waals surface area contributed by atoms with Crippen molar-refractivity contribution in [2.24, 2.45) is 0 Å². The Kier molecular flexibility index (Phi) is 31.4. The molecule has 1 rings (SSSR count). The van der Waals surface area contributed by atoms with E-state index >= 15 is 0 Å². The van der Waals surface area contributed by atoms with Crippen molar-refractivity contribution >= 4 is 0 Å². The van der Waals surface area contributed by atoms with Gasteiger partial charge >= 0.3 is 0 Å². The van der Waals surface area contributed by atoms with Crippen LogP contribution >= 0.6 is 0 Å². The molecule has 0 bridgehead atoms. The van der Waals surface area contributed by atoms with Gasteiger partial charge in [-0.25, -0.2) is 0 Å². The highest BCUT2D eigenvalue weighted by molar-refractivity contribution is 5.50. The predicted octanol–water partition coefficient (Wildman–Crippen LogP) is 14.4. The molecule has 3 nitrogen and oxygen atoms in total. The number of unbranched alkanes of at least 4 members (excludes halogenated alkanes) is 27. The minimum atomic E-state index is 0.726. The van der Waals surface area contributed by atoms with E-state index in [1.54, 1.807) is 0 Å². The molecular weight excluding hydrogens is 552 g/mol. The van der Waals surface area contributed by atoms with Crippen molar-refractivity contribution in [1.29, 1.82) is 0 Å². The van der Waals surface area contributed by atoms with Crippen LogP contribution in [0.15, 0.2) is 12.1 Å². The zero-order chi connectivity index (χ0) is 32.3. The number of ether oxygens (including phenoxy) is 3. The molecule has 0 heterocycles. The summed E-state index contributed by atoms with van der Waals surface area (Å²) in [6.45, 7) is 9.07. The predicted molar refractivity (Wildman–Crippen MR) is 197 cm³/mol. The fourth-order valence-corrected chi connectivity index (χ4v) is 6.11. The number of hydrogen-bond donors (Lipinski definition) is 0. The van der Waals surface area contributed by atoms with Crippen LogP contribution < -0.4 is 14.2 Å². The van der Waals surface area contributed by atoms with Crippen LogP contribution in [-0.2, 0) is 0 Å². The quantitative estimate of drug-likeness (QED) is 0.0691. The second kappa shape index (κ2) is 34.0. The topological polar surface area (TPSA) is 27.7 Å². The van der Waals surface area contributed by atoms with Crippen LogP contribution in [0.1, 0.15) is 213 Å². The maximum Gasteiger partial charge on any atom is 0.203 e. The SMILES string of the molecule is CCCCCCCCCCCCOc1c[c]cc(OCCCCCCCCCCCC)c1OCCCCCCCCCCCC. The van der Waals surface area contributed by atoms with Gasteiger partial charge in [0.25, 0.3) is 0 Å². The summed E-state index contributed by atoms with van der Waals surface area (Å²) in [5, 5.41) is 0. The van der Waals surface area contributed by atoms with Crippen LogP contribution in [0.5, 0.6) is 17.2 Å². The monoisotopic (exact) mass is 630 g/mol. The molecule has 1 aromatic carbocycles. The second-order valence-electron chi connectivity index (χ2n) is 13.6. The Morgan fingerprint density at radius 1 is 0.333 bits per heavy atom. The van der Waals surface area contributed by atoms with Gasteiger partial charge in [0.1, 0.15) is 0 Å². The molecule has 0 aliphatic heterocycles. The maximum atomic E-state index is 6.37. The lowest BCUT2D eigenvalue weighted by Crippen LogP contribution is -2.06. The molecule has 0 aliphatic rings. The first-order valence-electron chi connectivity index (χ1n) is 20.3. The van der Waals surface area contributed by atoms with Gasteiger partial charge < -0.3 is 14.2 Å². The van der Waals surface area contributed by atoms with Crippen LogP contribution in [0.4, 0.5) is 0 Å². The summed E-state index contributed by atoms with van der Waals surface area (Å²) in [4.78, 5) is 0. The van der Waals surface area contributed by atoms with Crippen LogP contribution in [0.2, 0.25) is 0 Å². The molecule has 1 radical (unpaired) electrons. The van der Waals surface area contributed by atoms with Gasteiger partial charge in [0.2, 0.25) is 5.75 Å². The van der Waals surface area contributed by atoms with Crippen molar-refractivity contribution in [3.63, 3.8) is 0 Å². The molecule has 0 aliphatic carbocycles. The molecule has 0 unspecified atom stereocenters. The van der Waals surface area contributed by atoms with Gasteiger partial charge in [-0.15, -0.1) is 0 Å². The highest BCUT2D eigenvalue weighted by atomic mass is 16.5. The summed E-state index contributed by atoms with van der Waals surface area (Å²) in [5.41, 5.74) is 0. The molecular formula is C42H77O3. The fraction of sp³-hybridized carbons (Fsp3) is 0.857. The Hall–Kier alpha value is -1.38. The number of rotatable bonds is 36. The van der Waals surface area contributed by atoms with Crippen LogP contribution in [0.3, 0.4) is 0 Å². The lowest BCUT2D eigenvalue weighted by atomic mass is 10.1. The van der Waals surface area contributed by atoms with Crippen molar-refractivity contribution in [3.8, 4) is 17.2 Å². The van der Waals surface area contributed by atoms with E-state index < -0.39 is 0 Å². The van der Waals surface area contributed by atoms with Crippen molar-refractivity contribution in [3.05, 3.63) is 18.2 Å². The van der Waals surface area contributed by atoms with Crippen LogP contribution in [-0.4, -0.2) is 19.8 Å². The Bertz CT molecular complexity index is 674. The standard InChI is InChI=1S/C42H77O3/c1-4-7-10-13-16-19-22-25-28-31-37-43-40-35-34-36-41(44-38-32-29-26-23-20-17-14-11-8-5-2)42(40)45-39-33-30-27-24-21-18-15-12-9-6-3/h35-36H,4-33,37-39H2,1-3H3. The third-order valence-corrected chi connectivity index (χ3v) is 9.13. The van der Waals surface area contributed by atoms with E-state index in [2.05, 4.69) is 26.8 Å². The van der Waals surface area contributed by atoms with Gasteiger partial charge in [-0.2, -0.15) is 0 Å². The van der Waals surface area contributed by atoms with Crippen LogP contribution in [0, 0.1) is 6.07 Å². The van der Waals surface area contributed by atoms with Gasteiger partial charge in [0.05, 0.1) is 19.8 Å². The van der Waals surface area contributed by atoms with Gasteiger partial charge in [-0.1, -0.05) is 194 Å². The lowest BCUT2D eigenvalue weighted by Gasteiger charge is -2.17. The van der Waals surface area contributed by atoms with E-state index in [1.165, 1.54) is 173 Å². The largest absolute Gasteiger partial charge is 0.490 e. The molecule has 0 aromatic heterocycles. The molecule has 0 atom stereocenters. The van der Waals surface area contributed by atoms with E-state index in [0.29, 0.717) is 0 Å². The summed E-state index contributed by atoms with van der Waals surface area (Å²) >= 11 is 0. The minimum absolute atomic E-state index is 0.726. The normalized spacial score (nSPS) is 11.3. The Morgan fingerprint density at radius 2 is 0.578 bits per heavy atom.